The van der Waals surface area contributed by atoms with Crippen molar-refractivity contribution in [1.29, 1.82) is 0 Å². The SMILES string of the molecule is CC1(C)CN2C(CSC3=N[C@@H]4CCCC[C@H]4CN3)=CSC2=N1. The van der Waals surface area contributed by atoms with E-state index in [-0.39, 0.29) is 5.54 Å². The van der Waals surface area contributed by atoms with Gasteiger partial charge < -0.3 is 10.2 Å². The zero-order chi connectivity index (χ0) is 15.2. The minimum Gasteiger partial charge on any atom is -0.365 e. The van der Waals surface area contributed by atoms with Gasteiger partial charge >= 0.3 is 0 Å². The fourth-order valence-corrected chi connectivity index (χ4v) is 5.75. The van der Waals surface area contributed by atoms with Crippen molar-refractivity contribution in [3.63, 3.8) is 0 Å². The number of amidine groups is 2. The quantitative estimate of drug-likeness (QED) is 0.840. The van der Waals surface area contributed by atoms with E-state index in [2.05, 4.69) is 29.5 Å². The van der Waals surface area contributed by atoms with E-state index >= 15 is 0 Å². The van der Waals surface area contributed by atoms with E-state index in [1.165, 1.54) is 36.5 Å². The molecule has 120 valence electrons. The Morgan fingerprint density at radius 3 is 3.18 bits per heavy atom. The van der Waals surface area contributed by atoms with Crippen molar-refractivity contribution in [3.8, 4) is 0 Å². The first-order valence-electron chi connectivity index (χ1n) is 8.28. The Labute approximate surface area is 141 Å². The third-order valence-corrected chi connectivity index (χ3v) is 6.72. The number of hydrogen-bond acceptors (Lipinski definition) is 6. The Bertz CT molecular complexity index is 552. The lowest BCUT2D eigenvalue weighted by molar-refractivity contribution is 0.298. The lowest BCUT2D eigenvalue weighted by Crippen LogP contribution is -2.41. The van der Waals surface area contributed by atoms with Crippen LogP contribution in [0.2, 0.25) is 0 Å². The van der Waals surface area contributed by atoms with Crippen LogP contribution >= 0.6 is 23.5 Å². The summed E-state index contributed by atoms with van der Waals surface area (Å²) in [5, 5.41) is 8.13. The molecule has 4 aliphatic rings. The highest BCUT2D eigenvalue weighted by molar-refractivity contribution is 8.17. The Kier molecular flexibility index (Phi) is 3.93. The average molecular weight is 337 g/mol. The van der Waals surface area contributed by atoms with Crippen molar-refractivity contribution in [3.05, 3.63) is 11.1 Å². The van der Waals surface area contributed by atoms with E-state index in [1.54, 1.807) is 11.8 Å². The van der Waals surface area contributed by atoms with Crippen LogP contribution in [-0.2, 0) is 0 Å². The molecule has 22 heavy (non-hydrogen) atoms. The van der Waals surface area contributed by atoms with Gasteiger partial charge in [0.1, 0.15) is 0 Å². The van der Waals surface area contributed by atoms with Crippen LogP contribution < -0.4 is 5.32 Å². The van der Waals surface area contributed by atoms with Crippen LogP contribution in [0.3, 0.4) is 0 Å². The van der Waals surface area contributed by atoms with Gasteiger partial charge in [-0.05, 0) is 38.0 Å². The maximum absolute atomic E-state index is 4.96. The van der Waals surface area contributed by atoms with E-state index in [1.807, 2.05) is 11.8 Å². The third kappa shape index (κ3) is 2.92. The second kappa shape index (κ2) is 5.78. The van der Waals surface area contributed by atoms with Gasteiger partial charge in [-0.3, -0.25) is 9.98 Å². The number of fused-ring (bicyclic) bond motifs is 2. The lowest BCUT2D eigenvalue weighted by Gasteiger charge is -2.33. The first kappa shape index (κ1) is 14.9. The van der Waals surface area contributed by atoms with E-state index in [4.69, 9.17) is 9.98 Å². The zero-order valence-electron chi connectivity index (χ0n) is 13.3. The molecule has 1 saturated carbocycles. The maximum Gasteiger partial charge on any atom is 0.168 e. The van der Waals surface area contributed by atoms with Crippen molar-refractivity contribution in [2.45, 2.75) is 51.1 Å². The predicted octanol–water partition coefficient (Wildman–Crippen LogP) is 3.28. The molecule has 0 amide bonds. The van der Waals surface area contributed by atoms with Crippen molar-refractivity contribution < 1.29 is 0 Å². The number of aliphatic imine (C=N–C) groups is 2. The van der Waals surface area contributed by atoms with Crippen LogP contribution in [0.4, 0.5) is 0 Å². The van der Waals surface area contributed by atoms with Gasteiger partial charge in [0.2, 0.25) is 0 Å². The summed E-state index contributed by atoms with van der Waals surface area (Å²) < 4.78 is 0. The molecular formula is C16H24N4S2. The molecule has 0 saturated heterocycles. The fourth-order valence-electron chi connectivity index (χ4n) is 3.66. The Morgan fingerprint density at radius 2 is 2.27 bits per heavy atom. The topological polar surface area (TPSA) is 40.0 Å². The molecule has 2 atom stereocenters. The number of hydrogen-bond donors (Lipinski definition) is 1. The molecule has 0 spiro atoms. The van der Waals surface area contributed by atoms with Crippen LogP contribution in [-0.4, -0.2) is 45.7 Å². The summed E-state index contributed by atoms with van der Waals surface area (Å²) in [6.45, 7) is 6.54. The Hall–Kier alpha value is -0.620. The minimum absolute atomic E-state index is 0.0580. The smallest absolute Gasteiger partial charge is 0.168 e. The molecule has 1 fully saturated rings. The average Bonchev–Trinajstić information content (AvgIpc) is 3.00. The number of thioether (sulfide) groups is 2. The predicted molar refractivity (Wildman–Crippen MR) is 97.5 cm³/mol. The van der Waals surface area contributed by atoms with Gasteiger partial charge in [-0.15, -0.1) is 0 Å². The third-order valence-electron chi connectivity index (χ3n) is 4.85. The molecule has 0 bridgehead atoms. The van der Waals surface area contributed by atoms with Crippen molar-refractivity contribution in [2.24, 2.45) is 15.9 Å². The fraction of sp³-hybridized carbons (Fsp3) is 0.750. The molecule has 0 aromatic carbocycles. The summed E-state index contributed by atoms with van der Waals surface area (Å²) in [6, 6.07) is 0.576. The van der Waals surface area contributed by atoms with E-state index in [0.29, 0.717) is 6.04 Å². The normalized spacial score (nSPS) is 32.6. The second-order valence-electron chi connectivity index (χ2n) is 7.24. The van der Waals surface area contributed by atoms with E-state index < -0.39 is 0 Å². The van der Waals surface area contributed by atoms with Gasteiger partial charge in [-0.1, -0.05) is 36.4 Å². The van der Waals surface area contributed by atoms with E-state index in [0.717, 1.165) is 29.9 Å². The van der Waals surface area contributed by atoms with Crippen LogP contribution in [0.1, 0.15) is 39.5 Å². The highest BCUT2D eigenvalue weighted by Gasteiger charge is 2.36. The highest BCUT2D eigenvalue weighted by atomic mass is 32.2. The summed E-state index contributed by atoms with van der Waals surface area (Å²) in [7, 11) is 0. The van der Waals surface area contributed by atoms with Crippen molar-refractivity contribution >= 4 is 33.9 Å². The maximum atomic E-state index is 4.96. The van der Waals surface area contributed by atoms with E-state index in [9.17, 15) is 0 Å². The molecule has 4 rings (SSSR count). The summed E-state index contributed by atoms with van der Waals surface area (Å²) in [6.07, 6.45) is 5.38. The molecular weight excluding hydrogens is 312 g/mol. The van der Waals surface area contributed by atoms with Gasteiger partial charge in [0, 0.05) is 24.5 Å². The van der Waals surface area contributed by atoms with Gasteiger partial charge in [0.25, 0.3) is 0 Å². The number of nitrogens with zero attached hydrogens (tertiary/aromatic N) is 3. The minimum atomic E-state index is 0.0580. The van der Waals surface area contributed by atoms with Crippen molar-refractivity contribution in [2.75, 3.05) is 18.8 Å². The molecule has 0 aromatic heterocycles. The van der Waals surface area contributed by atoms with Crippen LogP contribution in [0.25, 0.3) is 0 Å². The number of rotatable bonds is 2. The molecule has 0 unspecified atom stereocenters. The van der Waals surface area contributed by atoms with Gasteiger partial charge in [-0.25, -0.2) is 0 Å². The first-order chi connectivity index (χ1) is 10.6. The summed E-state index contributed by atoms with van der Waals surface area (Å²) in [5.41, 5.74) is 1.44. The van der Waals surface area contributed by atoms with Gasteiger partial charge in [-0.2, -0.15) is 0 Å². The van der Waals surface area contributed by atoms with Crippen molar-refractivity contribution in [1.82, 2.24) is 10.2 Å². The van der Waals surface area contributed by atoms with Gasteiger partial charge in [0.05, 0.1) is 11.6 Å². The first-order valence-corrected chi connectivity index (χ1v) is 10.1. The highest BCUT2D eigenvalue weighted by Crippen LogP contribution is 2.37. The molecule has 4 nitrogen and oxygen atoms in total. The molecule has 0 radical (unpaired) electrons. The lowest BCUT2D eigenvalue weighted by atomic mass is 9.84. The summed E-state index contributed by atoms with van der Waals surface area (Å²) in [5.74, 6) is 1.77. The Morgan fingerprint density at radius 1 is 1.41 bits per heavy atom. The van der Waals surface area contributed by atoms with Gasteiger partial charge in [0.15, 0.2) is 10.3 Å². The number of nitrogens with one attached hydrogen (secondary N) is 1. The molecule has 0 aromatic rings. The van der Waals surface area contributed by atoms with Crippen LogP contribution in [0, 0.1) is 5.92 Å². The largest absolute Gasteiger partial charge is 0.365 e. The zero-order valence-corrected chi connectivity index (χ0v) is 15.0. The standard InChI is InChI=1S/C16H24N4S2/c1-16(2)10-20-12(9-22-15(20)19-16)8-21-14-17-7-11-5-3-4-6-13(11)18-14/h9,11,13H,3-8,10H2,1-2H3,(H,17,18)/t11-,13+/m0/s1. The second-order valence-corrected chi connectivity index (χ2v) is 9.04. The van der Waals surface area contributed by atoms with Crippen LogP contribution in [0.5, 0.6) is 0 Å². The molecule has 3 aliphatic heterocycles. The monoisotopic (exact) mass is 336 g/mol. The summed E-state index contributed by atoms with van der Waals surface area (Å²) >= 11 is 3.63. The molecule has 1 N–H and O–H groups in total. The Balaban J connectivity index is 1.36. The molecule has 1 aliphatic carbocycles. The molecule has 3 heterocycles. The molecule has 6 heteroatoms. The summed E-state index contributed by atoms with van der Waals surface area (Å²) in [4.78, 5) is 12.1. The van der Waals surface area contributed by atoms with Crippen LogP contribution in [0.15, 0.2) is 21.1 Å².